The number of pyridine rings is 1. The molecule has 4 heterocycles. The Morgan fingerprint density at radius 2 is 1.97 bits per heavy atom. The fraction of sp³-hybridized carbons (Fsp3) is 0.318. The molecule has 11 heteroatoms. The molecule has 3 aromatic heterocycles. The van der Waals surface area contributed by atoms with Crippen molar-refractivity contribution in [3.8, 4) is 17.1 Å². The first-order valence-corrected chi connectivity index (χ1v) is 10.5. The molecule has 4 N–H and O–H groups in total. The van der Waals surface area contributed by atoms with E-state index in [0.717, 1.165) is 10.1 Å². The Kier molecular flexibility index (Phi) is 5.27. The van der Waals surface area contributed by atoms with Crippen molar-refractivity contribution in [3.05, 3.63) is 54.0 Å². The van der Waals surface area contributed by atoms with E-state index in [9.17, 15) is 10.3 Å². The predicted molar refractivity (Wildman–Crippen MR) is 116 cm³/mol. The minimum absolute atomic E-state index is 0.0992. The molecule has 1 fully saturated rings. The lowest BCUT2D eigenvalue weighted by Gasteiger charge is -2.28. The van der Waals surface area contributed by atoms with Crippen molar-refractivity contribution in [1.29, 1.82) is 0 Å². The lowest BCUT2D eigenvalue weighted by Crippen LogP contribution is -2.49. The molecule has 1 aromatic carbocycles. The summed E-state index contributed by atoms with van der Waals surface area (Å²) in [6.07, 6.45) is 2.54. The first-order chi connectivity index (χ1) is 16.0. The van der Waals surface area contributed by atoms with Gasteiger partial charge in [0.2, 0.25) is 5.95 Å². The predicted octanol–water partition coefficient (Wildman–Crippen LogP) is 1.05. The Hall–Kier alpha value is -3.83. The number of para-hydroxylation sites is 1. The summed E-state index contributed by atoms with van der Waals surface area (Å²) in [5.74, 6) is 0.682. The quantitative estimate of drug-likeness (QED) is 0.300. The van der Waals surface area contributed by atoms with Crippen molar-refractivity contribution in [3.63, 3.8) is 0 Å². The number of aliphatic hydroxyl groups is 1. The number of hydrogen-bond donors (Lipinski definition) is 3. The highest BCUT2D eigenvalue weighted by atomic mass is 16.5. The fourth-order valence-electron chi connectivity index (χ4n) is 4.14. The van der Waals surface area contributed by atoms with Gasteiger partial charge in [0.1, 0.15) is 29.2 Å². The summed E-state index contributed by atoms with van der Waals surface area (Å²) in [7, 11) is 1.57. The summed E-state index contributed by atoms with van der Waals surface area (Å²) in [4.78, 5) is 8.66. The number of anilines is 1. The van der Waals surface area contributed by atoms with Gasteiger partial charge in [-0.1, -0.05) is 17.3 Å². The standard InChI is InChI=1S/C22H24N7O4/c1-32-17-6-3-5-15-19(24-21(23)25-20(15)17)16-13-28(27-26-16)12-14-4-2-7-18(29(14)31)22(30)8-10-33-11-9-22/h2-7,13,30-31H,8-12H2,1H3,(H2,23,24,25)/q+1. The Morgan fingerprint density at radius 3 is 2.76 bits per heavy atom. The van der Waals surface area contributed by atoms with Gasteiger partial charge in [0.15, 0.2) is 5.60 Å². The van der Waals surface area contributed by atoms with Crippen LogP contribution in [0.25, 0.3) is 22.3 Å². The second-order valence-electron chi connectivity index (χ2n) is 7.95. The summed E-state index contributed by atoms with van der Waals surface area (Å²) in [6, 6.07) is 10.8. The van der Waals surface area contributed by atoms with Crippen LogP contribution in [0.5, 0.6) is 5.75 Å². The van der Waals surface area contributed by atoms with Crippen molar-refractivity contribution in [2.75, 3.05) is 26.1 Å². The highest BCUT2D eigenvalue weighted by Crippen LogP contribution is 2.31. The average molecular weight is 450 g/mol. The number of nitrogens with zero attached hydrogens (tertiary/aromatic N) is 6. The zero-order valence-corrected chi connectivity index (χ0v) is 18.0. The molecule has 0 amide bonds. The number of aromatic nitrogens is 6. The van der Waals surface area contributed by atoms with Crippen LogP contribution in [0.3, 0.4) is 0 Å². The number of hydrogen-bond acceptors (Lipinski definition) is 9. The topological polar surface area (TPSA) is 145 Å². The largest absolute Gasteiger partial charge is 0.494 e. The first kappa shape index (κ1) is 21.0. The van der Waals surface area contributed by atoms with Crippen molar-refractivity contribution < 1.29 is 24.5 Å². The van der Waals surface area contributed by atoms with Crippen LogP contribution in [0.15, 0.2) is 42.6 Å². The molecule has 0 atom stereocenters. The highest BCUT2D eigenvalue weighted by Gasteiger charge is 2.41. The molecule has 0 aliphatic carbocycles. The smallest absolute Gasteiger partial charge is 0.266 e. The third-order valence-electron chi connectivity index (χ3n) is 5.87. The van der Waals surface area contributed by atoms with Crippen molar-refractivity contribution in [2.45, 2.75) is 25.0 Å². The van der Waals surface area contributed by atoms with Gasteiger partial charge in [-0.3, -0.25) is 5.21 Å². The molecule has 33 heavy (non-hydrogen) atoms. The first-order valence-electron chi connectivity index (χ1n) is 10.5. The van der Waals surface area contributed by atoms with Crippen LogP contribution < -0.4 is 15.2 Å². The third kappa shape index (κ3) is 3.81. The van der Waals surface area contributed by atoms with Gasteiger partial charge in [-0.25, -0.2) is 14.6 Å². The second kappa shape index (κ2) is 8.26. The van der Waals surface area contributed by atoms with E-state index in [1.165, 1.54) is 0 Å². The van der Waals surface area contributed by atoms with E-state index in [4.69, 9.17) is 15.2 Å². The van der Waals surface area contributed by atoms with Gasteiger partial charge in [0.25, 0.3) is 11.4 Å². The second-order valence-corrected chi connectivity index (χ2v) is 7.95. The SMILES string of the molecule is COc1cccc2c(-c3cn(Cc4cccc(C5(O)CCOCC5)[n+]4O)nn3)nc(N)nc12. The van der Waals surface area contributed by atoms with Gasteiger partial charge in [-0.15, -0.1) is 5.10 Å². The fourth-order valence-corrected chi connectivity index (χ4v) is 4.14. The Bertz CT molecular complexity index is 1320. The maximum Gasteiger partial charge on any atom is 0.266 e. The number of ether oxygens (including phenoxy) is 2. The van der Waals surface area contributed by atoms with E-state index in [1.807, 2.05) is 12.1 Å². The number of rotatable bonds is 5. The van der Waals surface area contributed by atoms with Crippen LogP contribution in [-0.2, 0) is 16.9 Å². The Labute approximate surface area is 189 Å². The molecule has 0 spiro atoms. The highest BCUT2D eigenvalue weighted by molar-refractivity contribution is 5.95. The molecular weight excluding hydrogens is 426 g/mol. The number of methoxy groups -OCH3 is 1. The van der Waals surface area contributed by atoms with Crippen LogP contribution in [-0.4, -0.2) is 55.6 Å². The van der Waals surface area contributed by atoms with Crippen LogP contribution in [0.2, 0.25) is 0 Å². The Morgan fingerprint density at radius 1 is 1.18 bits per heavy atom. The molecule has 170 valence electrons. The zero-order chi connectivity index (χ0) is 23.0. The zero-order valence-electron chi connectivity index (χ0n) is 18.0. The molecule has 1 saturated heterocycles. The maximum absolute atomic E-state index is 11.0. The van der Waals surface area contributed by atoms with Crippen LogP contribution in [0.1, 0.15) is 24.2 Å². The number of nitrogen functional groups attached to an aromatic ring is 1. The van der Waals surface area contributed by atoms with Gasteiger partial charge in [-0.2, -0.15) is 0 Å². The molecule has 0 bridgehead atoms. The van der Waals surface area contributed by atoms with E-state index >= 15 is 0 Å². The molecule has 0 saturated carbocycles. The lowest BCUT2D eigenvalue weighted by molar-refractivity contribution is -0.918. The van der Waals surface area contributed by atoms with Crippen molar-refractivity contribution in [2.24, 2.45) is 0 Å². The number of nitrogens with two attached hydrogens (primary N) is 1. The molecule has 5 rings (SSSR count). The van der Waals surface area contributed by atoms with Gasteiger partial charge in [0.05, 0.1) is 13.3 Å². The van der Waals surface area contributed by atoms with Crippen molar-refractivity contribution >= 4 is 16.9 Å². The van der Waals surface area contributed by atoms with E-state index in [-0.39, 0.29) is 12.5 Å². The molecule has 0 unspecified atom stereocenters. The molecule has 4 aromatic rings. The summed E-state index contributed by atoms with van der Waals surface area (Å²) in [5.41, 5.74) is 7.37. The maximum atomic E-state index is 11.0. The summed E-state index contributed by atoms with van der Waals surface area (Å²) < 4.78 is 13.4. The number of fused-ring (bicyclic) bond motifs is 1. The monoisotopic (exact) mass is 450 g/mol. The van der Waals surface area contributed by atoms with Crippen LogP contribution in [0.4, 0.5) is 5.95 Å². The molecule has 1 aliphatic heterocycles. The summed E-state index contributed by atoms with van der Waals surface area (Å²) in [6.45, 7) is 1.10. The van der Waals surface area contributed by atoms with Gasteiger partial charge < -0.3 is 20.3 Å². The van der Waals surface area contributed by atoms with E-state index in [0.29, 0.717) is 60.1 Å². The Balaban J connectivity index is 1.48. The van der Waals surface area contributed by atoms with Gasteiger partial charge in [-0.05, 0) is 12.1 Å². The molecular formula is C22H24N7O4+. The minimum atomic E-state index is -1.15. The van der Waals surface area contributed by atoms with Gasteiger partial charge in [0, 0.05) is 48.3 Å². The van der Waals surface area contributed by atoms with Crippen molar-refractivity contribution in [1.82, 2.24) is 25.0 Å². The average Bonchev–Trinajstić information content (AvgIpc) is 3.28. The molecule has 1 aliphatic rings. The lowest BCUT2D eigenvalue weighted by atomic mass is 9.90. The minimum Gasteiger partial charge on any atom is -0.494 e. The normalized spacial score (nSPS) is 15.6. The molecule has 11 nitrogen and oxygen atoms in total. The summed E-state index contributed by atoms with van der Waals surface area (Å²) >= 11 is 0. The van der Waals surface area contributed by atoms with Crippen LogP contribution in [0, 0.1) is 0 Å². The number of benzene rings is 1. The van der Waals surface area contributed by atoms with E-state index in [2.05, 4.69) is 20.3 Å². The molecule has 0 radical (unpaired) electrons. The van der Waals surface area contributed by atoms with E-state index < -0.39 is 5.60 Å². The van der Waals surface area contributed by atoms with Gasteiger partial charge >= 0.3 is 0 Å². The van der Waals surface area contributed by atoms with Crippen LogP contribution >= 0.6 is 0 Å². The third-order valence-corrected chi connectivity index (χ3v) is 5.87. The van der Waals surface area contributed by atoms with E-state index in [1.54, 1.807) is 42.3 Å². The summed E-state index contributed by atoms with van der Waals surface area (Å²) in [5, 5.41) is 31.0.